The van der Waals surface area contributed by atoms with Gasteiger partial charge in [0, 0.05) is 18.7 Å². The van der Waals surface area contributed by atoms with Gasteiger partial charge in [-0.25, -0.2) is 0 Å². The van der Waals surface area contributed by atoms with Crippen LogP contribution in [-0.4, -0.2) is 38.9 Å². The number of rotatable bonds is 6. The Kier molecular flexibility index (Phi) is 4.76. The van der Waals surface area contributed by atoms with Gasteiger partial charge in [0.05, 0.1) is 6.04 Å². The first-order valence-electron chi connectivity index (χ1n) is 9.52. The van der Waals surface area contributed by atoms with Crippen LogP contribution < -0.4 is 10.6 Å². The van der Waals surface area contributed by atoms with Crippen molar-refractivity contribution >= 4 is 5.91 Å². The topological polar surface area (TPSA) is 97.9 Å². The molecule has 0 radical (unpaired) electrons. The number of carbonyl (C=O) groups is 1. The lowest BCUT2D eigenvalue weighted by Gasteiger charge is -2.23. The van der Waals surface area contributed by atoms with Crippen molar-refractivity contribution in [3.05, 3.63) is 29.7 Å². The van der Waals surface area contributed by atoms with Gasteiger partial charge in [0.1, 0.15) is 11.7 Å². The van der Waals surface area contributed by atoms with E-state index >= 15 is 0 Å². The van der Waals surface area contributed by atoms with Crippen LogP contribution in [-0.2, 0) is 0 Å². The molecule has 2 N–H and O–H groups in total. The predicted molar refractivity (Wildman–Crippen MR) is 94.7 cm³/mol. The lowest BCUT2D eigenvalue weighted by atomic mass is 10.0. The van der Waals surface area contributed by atoms with Crippen LogP contribution in [0.15, 0.2) is 16.8 Å². The second-order valence-corrected chi connectivity index (χ2v) is 7.64. The molecule has 8 heteroatoms. The number of hydrogen-bond donors (Lipinski definition) is 2. The SMILES string of the molecule is CC(C)C(NC(=O)c1ccn(C2CCCNC2)n1)c1nc(C2CC2)no1. The number of amides is 1. The van der Waals surface area contributed by atoms with Crippen molar-refractivity contribution in [3.8, 4) is 0 Å². The van der Waals surface area contributed by atoms with Crippen molar-refractivity contribution in [3.63, 3.8) is 0 Å². The first kappa shape index (κ1) is 17.2. The van der Waals surface area contributed by atoms with Crippen molar-refractivity contribution in [1.82, 2.24) is 30.6 Å². The van der Waals surface area contributed by atoms with Crippen LogP contribution in [0.25, 0.3) is 0 Å². The van der Waals surface area contributed by atoms with E-state index in [9.17, 15) is 4.79 Å². The van der Waals surface area contributed by atoms with Crippen LogP contribution in [0.2, 0.25) is 0 Å². The fraction of sp³-hybridized carbons (Fsp3) is 0.667. The van der Waals surface area contributed by atoms with Gasteiger partial charge in [-0.15, -0.1) is 0 Å². The number of piperidine rings is 1. The maximum Gasteiger partial charge on any atom is 0.272 e. The fourth-order valence-electron chi connectivity index (χ4n) is 3.33. The number of nitrogens with zero attached hydrogens (tertiary/aromatic N) is 4. The van der Waals surface area contributed by atoms with E-state index in [0.29, 0.717) is 23.5 Å². The molecule has 8 nitrogen and oxygen atoms in total. The van der Waals surface area contributed by atoms with Gasteiger partial charge in [-0.2, -0.15) is 10.1 Å². The largest absolute Gasteiger partial charge is 0.339 e. The molecule has 1 aliphatic heterocycles. The normalized spacial score (nSPS) is 21.7. The summed E-state index contributed by atoms with van der Waals surface area (Å²) in [5, 5.41) is 14.9. The predicted octanol–water partition coefficient (Wildman–Crippen LogP) is 2.20. The molecule has 2 fully saturated rings. The Bertz CT molecular complexity index is 757. The summed E-state index contributed by atoms with van der Waals surface area (Å²) in [6.07, 6.45) is 6.32. The van der Waals surface area contributed by atoms with Crippen molar-refractivity contribution in [1.29, 1.82) is 0 Å². The van der Waals surface area contributed by atoms with Gasteiger partial charge in [0.2, 0.25) is 5.89 Å². The van der Waals surface area contributed by atoms with Gasteiger partial charge >= 0.3 is 0 Å². The maximum atomic E-state index is 12.7. The summed E-state index contributed by atoms with van der Waals surface area (Å²) in [4.78, 5) is 17.2. The van der Waals surface area contributed by atoms with Gasteiger partial charge in [0.15, 0.2) is 5.82 Å². The molecule has 3 heterocycles. The van der Waals surface area contributed by atoms with E-state index in [1.165, 1.54) is 0 Å². The number of carbonyl (C=O) groups excluding carboxylic acids is 1. The van der Waals surface area contributed by atoms with Crippen molar-refractivity contribution in [2.75, 3.05) is 13.1 Å². The van der Waals surface area contributed by atoms with Crippen molar-refractivity contribution in [2.45, 2.75) is 57.5 Å². The molecule has 1 saturated heterocycles. The Labute approximate surface area is 152 Å². The molecule has 1 saturated carbocycles. The number of aromatic nitrogens is 4. The molecule has 1 aliphatic carbocycles. The molecule has 1 amide bonds. The summed E-state index contributed by atoms with van der Waals surface area (Å²) in [6, 6.07) is 1.76. The molecule has 2 aromatic heterocycles. The Morgan fingerprint density at radius 1 is 1.38 bits per heavy atom. The zero-order valence-electron chi connectivity index (χ0n) is 15.3. The van der Waals surface area contributed by atoms with Crippen molar-refractivity contribution in [2.24, 2.45) is 5.92 Å². The average molecular weight is 358 g/mol. The monoisotopic (exact) mass is 358 g/mol. The fourth-order valence-corrected chi connectivity index (χ4v) is 3.33. The molecule has 2 atom stereocenters. The minimum atomic E-state index is -0.316. The van der Waals surface area contributed by atoms with E-state index in [4.69, 9.17) is 4.52 Å². The highest BCUT2D eigenvalue weighted by Gasteiger charge is 2.32. The first-order chi connectivity index (χ1) is 12.6. The first-order valence-corrected chi connectivity index (χ1v) is 9.52. The zero-order valence-corrected chi connectivity index (χ0v) is 15.3. The molecule has 0 spiro atoms. The van der Waals surface area contributed by atoms with E-state index in [1.54, 1.807) is 6.07 Å². The van der Waals surface area contributed by atoms with Crippen LogP contribution >= 0.6 is 0 Å². The molecule has 0 aromatic carbocycles. The van der Waals surface area contributed by atoms with E-state index in [-0.39, 0.29) is 17.9 Å². The third-order valence-electron chi connectivity index (χ3n) is 5.11. The Morgan fingerprint density at radius 3 is 2.92 bits per heavy atom. The average Bonchev–Trinajstić information content (AvgIpc) is 3.19. The third-order valence-corrected chi connectivity index (χ3v) is 5.11. The number of hydrogen-bond acceptors (Lipinski definition) is 6. The van der Waals surface area contributed by atoms with Gasteiger partial charge in [-0.05, 0) is 44.2 Å². The summed E-state index contributed by atoms with van der Waals surface area (Å²) in [6.45, 7) is 5.99. The zero-order chi connectivity index (χ0) is 18.1. The highest BCUT2D eigenvalue weighted by Crippen LogP contribution is 2.38. The van der Waals surface area contributed by atoms with Gasteiger partial charge < -0.3 is 15.2 Å². The molecule has 0 bridgehead atoms. The summed E-state index contributed by atoms with van der Waals surface area (Å²) < 4.78 is 7.31. The second kappa shape index (κ2) is 7.19. The Hall–Kier alpha value is -2.22. The minimum absolute atomic E-state index is 0.135. The number of nitrogens with one attached hydrogen (secondary N) is 2. The summed E-state index contributed by atoms with van der Waals surface area (Å²) >= 11 is 0. The molecule has 26 heavy (non-hydrogen) atoms. The summed E-state index contributed by atoms with van der Waals surface area (Å²) in [5.41, 5.74) is 0.420. The lowest BCUT2D eigenvalue weighted by Crippen LogP contribution is -2.33. The van der Waals surface area contributed by atoms with E-state index in [1.807, 2.05) is 24.7 Å². The third kappa shape index (κ3) is 3.65. The van der Waals surface area contributed by atoms with Gasteiger partial charge in [-0.3, -0.25) is 9.48 Å². The molecule has 140 valence electrons. The summed E-state index contributed by atoms with van der Waals surface area (Å²) in [7, 11) is 0. The maximum absolute atomic E-state index is 12.7. The quantitative estimate of drug-likeness (QED) is 0.821. The van der Waals surface area contributed by atoms with Crippen LogP contribution in [0.1, 0.15) is 79.7 Å². The molecular formula is C18H26N6O2. The van der Waals surface area contributed by atoms with Gasteiger partial charge in [-0.1, -0.05) is 19.0 Å². The molecule has 2 aliphatic rings. The molecular weight excluding hydrogens is 332 g/mol. The highest BCUT2D eigenvalue weighted by molar-refractivity contribution is 5.92. The summed E-state index contributed by atoms with van der Waals surface area (Å²) in [5.74, 6) is 1.59. The molecule has 2 unspecified atom stereocenters. The van der Waals surface area contributed by atoms with Crippen LogP contribution in [0.5, 0.6) is 0 Å². The Morgan fingerprint density at radius 2 is 2.23 bits per heavy atom. The van der Waals surface area contributed by atoms with E-state index in [0.717, 1.165) is 44.6 Å². The van der Waals surface area contributed by atoms with E-state index in [2.05, 4.69) is 25.9 Å². The van der Waals surface area contributed by atoms with E-state index < -0.39 is 0 Å². The van der Waals surface area contributed by atoms with Crippen LogP contribution in [0.4, 0.5) is 0 Å². The van der Waals surface area contributed by atoms with Crippen LogP contribution in [0, 0.1) is 5.92 Å². The van der Waals surface area contributed by atoms with Gasteiger partial charge in [0.25, 0.3) is 5.91 Å². The van der Waals surface area contributed by atoms with Crippen LogP contribution in [0.3, 0.4) is 0 Å². The highest BCUT2D eigenvalue weighted by atomic mass is 16.5. The standard InChI is InChI=1S/C18H26N6O2/c1-11(2)15(18-21-16(23-26-18)12-5-6-12)20-17(25)14-7-9-24(22-14)13-4-3-8-19-10-13/h7,9,11-13,15,19H,3-6,8,10H2,1-2H3,(H,20,25). The Balaban J connectivity index is 1.45. The smallest absolute Gasteiger partial charge is 0.272 e. The second-order valence-electron chi connectivity index (χ2n) is 7.64. The minimum Gasteiger partial charge on any atom is -0.339 e. The molecule has 4 rings (SSSR count). The molecule has 2 aromatic rings. The lowest BCUT2D eigenvalue weighted by molar-refractivity contribution is 0.0907. The van der Waals surface area contributed by atoms with Crippen molar-refractivity contribution < 1.29 is 9.32 Å².